The Kier molecular flexibility index (Phi) is 3.57. The highest BCUT2D eigenvalue weighted by atomic mass is 32.1. The van der Waals surface area contributed by atoms with E-state index in [1.165, 1.54) is 16.9 Å². The SMILES string of the molecule is Cc1nc(N[C@@H](C)C(=O)O)c2c3c(sc2n1)C[C@H](C)CC3. The number of nitrogens with one attached hydrogen (secondary N) is 1. The van der Waals surface area contributed by atoms with Gasteiger partial charge in [-0.15, -0.1) is 11.3 Å². The average Bonchev–Trinajstić information content (AvgIpc) is 2.75. The summed E-state index contributed by atoms with van der Waals surface area (Å²) in [7, 11) is 0. The Hall–Kier alpha value is -1.69. The van der Waals surface area contributed by atoms with Gasteiger partial charge in [0.15, 0.2) is 0 Å². The van der Waals surface area contributed by atoms with Crippen LogP contribution in [0.5, 0.6) is 0 Å². The lowest BCUT2D eigenvalue weighted by molar-refractivity contribution is -0.137. The highest BCUT2D eigenvalue weighted by molar-refractivity contribution is 7.19. The molecule has 0 unspecified atom stereocenters. The van der Waals surface area contributed by atoms with Crippen LogP contribution in [0.3, 0.4) is 0 Å². The lowest BCUT2D eigenvalue weighted by Gasteiger charge is -2.18. The van der Waals surface area contributed by atoms with Gasteiger partial charge in [0.25, 0.3) is 0 Å². The minimum absolute atomic E-state index is 0.666. The van der Waals surface area contributed by atoms with Gasteiger partial charge >= 0.3 is 5.97 Å². The quantitative estimate of drug-likeness (QED) is 0.911. The van der Waals surface area contributed by atoms with E-state index >= 15 is 0 Å². The molecule has 0 saturated carbocycles. The smallest absolute Gasteiger partial charge is 0.325 e. The molecule has 0 aliphatic heterocycles. The molecule has 0 radical (unpaired) electrons. The number of carboxylic acid groups (broad SMARTS) is 1. The first kappa shape index (κ1) is 14.3. The topological polar surface area (TPSA) is 75.1 Å². The molecule has 0 fully saturated rings. The molecule has 1 aliphatic rings. The van der Waals surface area contributed by atoms with E-state index in [4.69, 9.17) is 5.11 Å². The van der Waals surface area contributed by atoms with E-state index in [-0.39, 0.29) is 0 Å². The number of aryl methyl sites for hydroxylation is 2. The zero-order valence-corrected chi connectivity index (χ0v) is 13.3. The molecule has 2 aromatic heterocycles. The molecule has 0 bridgehead atoms. The van der Waals surface area contributed by atoms with E-state index in [2.05, 4.69) is 22.2 Å². The molecular formula is C15H19N3O2S. The molecule has 2 heterocycles. The van der Waals surface area contributed by atoms with Crippen LogP contribution >= 0.6 is 11.3 Å². The first-order chi connectivity index (χ1) is 9.95. The Balaban J connectivity index is 2.12. The summed E-state index contributed by atoms with van der Waals surface area (Å²) in [4.78, 5) is 22.4. The van der Waals surface area contributed by atoms with Crippen molar-refractivity contribution in [3.8, 4) is 0 Å². The van der Waals surface area contributed by atoms with Gasteiger partial charge in [0.2, 0.25) is 0 Å². The molecule has 5 nitrogen and oxygen atoms in total. The Labute approximate surface area is 127 Å². The molecule has 0 spiro atoms. The van der Waals surface area contributed by atoms with Gasteiger partial charge in [0.1, 0.15) is 22.5 Å². The fraction of sp³-hybridized carbons (Fsp3) is 0.533. The number of aliphatic carboxylic acids is 1. The second-order valence-corrected chi connectivity index (χ2v) is 6.94. The van der Waals surface area contributed by atoms with Crippen LogP contribution in [-0.4, -0.2) is 27.1 Å². The van der Waals surface area contributed by atoms with E-state index in [0.29, 0.717) is 17.6 Å². The van der Waals surface area contributed by atoms with Crippen molar-refractivity contribution in [3.63, 3.8) is 0 Å². The minimum Gasteiger partial charge on any atom is -0.480 e. The first-order valence-electron chi connectivity index (χ1n) is 7.24. The number of hydrogen-bond acceptors (Lipinski definition) is 5. The number of carboxylic acids is 1. The third-order valence-corrected chi connectivity index (χ3v) is 5.14. The van der Waals surface area contributed by atoms with Crippen molar-refractivity contribution in [2.24, 2.45) is 5.92 Å². The van der Waals surface area contributed by atoms with Crippen LogP contribution in [-0.2, 0) is 17.6 Å². The van der Waals surface area contributed by atoms with Crippen molar-refractivity contribution >= 4 is 33.3 Å². The van der Waals surface area contributed by atoms with Crippen molar-refractivity contribution in [1.82, 2.24) is 9.97 Å². The number of rotatable bonds is 3. The molecule has 2 aromatic rings. The van der Waals surface area contributed by atoms with Gasteiger partial charge in [0.05, 0.1) is 5.39 Å². The second kappa shape index (κ2) is 5.26. The van der Waals surface area contributed by atoms with Crippen LogP contribution < -0.4 is 5.32 Å². The Bertz CT molecular complexity index is 710. The van der Waals surface area contributed by atoms with Gasteiger partial charge in [-0.3, -0.25) is 4.79 Å². The number of fused-ring (bicyclic) bond motifs is 3. The third kappa shape index (κ3) is 2.60. The zero-order chi connectivity index (χ0) is 15.1. The minimum atomic E-state index is -0.878. The van der Waals surface area contributed by atoms with E-state index < -0.39 is 12.0 Å². The summed E-state index contributed by atoms with van der Waals surface area (Å²) in [5, 5.41) is 13.2. The van der Waals surface area contributed by atoms with Crippen LogP contribution in [0, 0.1) is 12.8 Å². The largest absolute Gasteiger partial charge is 0.480 e. The predicted molar refractivity (Wildman–Crippen MR) is 84.1 cm³/mol. The number of anilines is 1. The van der Waals surface area contributed by atoms with E-state index in [1.54, 1.807) is 18.3 Å². The van der Waals surface area contributed by atoms with Crippen LogP contribution in [0.15, 0.2) is 0 Å². The summed E-state index contributed by atoms with van der Waals surface area (Å²) in [6.45, 7) is 5.75. The van der Waals surface area contributed by atoms with Gasteiger partial charge < -0.3 is 10.4 Å². The molecule has 2 atom stereocenters. The Morgan fingerprint density at radius 1 is 1.48 bits per heavy atom. The molecule has 2 N–H and O–H groups in total. The van der Waals surface area contributed by atoms with Gasteiger partial charge in [-0.1, -0.05) is 6.92 Å². The normalized spacial score (nSPS) is 19.3. The Morgan fingerprint density at radius 2 is 2.24 bits per heavy atom. The van der Waals surface area contributed by atoms with E-state index in [1.807, 2.05) is 6.92 Å². The summed E-state index contributed by atoms with van der Waals surface area (Å²) in [6.07, 6.45) is 3.28. The van der Waals surface area contributed by atoms with Crippen LogP contribution in [0.25, 0.3) is 10.2 Å². The standard InChI is InChI=1S/C15H19N3O2S/c1-7-4-5-10-11(6-7)21-14-12(10)13(17-9(3)18-14)16-8(2)15(19)20/h7-8H,4-6H2,1-3H3,(H,19,20)(H,16,17,18)/t7-,8+/m1/s1. The summed E-state index contributed by atoms with van der Waals surface area (Å²) >= 11 is 1.73. The predicted octanol–water partition coefficient (Wildman–Crippen LogP) is 3.01. The molecular weight excluding hydrogens is 286 g/mol. The maximum atomic E-state index is 11.1. The third-order valence-electron chi connectivity index (χ3n) is 3.99. The van der Waals surface area contributed by atoms with E-state index in [0.717, 1.165) is 23.1 Å². The maximum absolute atomic E-state index is 11.1. The number of thiophene rings is 1. The average molecular weight is 305 g/mol. The summed E-state index contributed by atoms with van der Waals surface area (Å²) in [5.41, 5.74) is 1.31. The molecule has 112 valence electrons. The first-order valence-corrected chi connectivity index (χ1v) is 8.05. The van der Waals surface area contributed by atoms with Gasteiger partial charge in [-0.05, 0) is 44.6 Å². The summed E-state index contributed by atoms with van der Waals surface area (Å²) in [5.74, 6) is 1.17. The molecule has 1 aliphatic carbocycles. The van der Waals surface area contributed by atoms with Gasteiger partial charge in [-0.2, -0.15) is 0 Å². The summed E-state index contributed by atoms with van der Waals surface area (Å²) < 4.78 is 0. The van der Waals surface area contributed by atoms with E-state index in [9.17, 15) is 4.79 Å². The monoisotopic (exact) mass is 305 g/mol. The van der Waals surface area contributed by atoms with Crippen molar-refractivity contribution in [2.75, 3.05) is 5.32 Å². The second-order valence-electron chi connectivity index (χ2n) is 5.86. The number of aromatic nitrogens is 2. The number of nitrogens with zero attached hydrogens (tertiary/aromatic N) is 2. The fourth-order valence-electron chi connectivity index (χ4n) is 2.82. The van der Waals surface area contributed by atoms with Crippen molar-refractivity contribution < 1.29 is 9.90 Å². The molecule has 0 amide bonds. The Morgan fingerprint density at radius 3 is 2.95 bits per heavy atom. The zero-order valence-electron chi connectivity index (χ0n) is 12.4. The lowest BCUT2D eigenvalue weighted by Crippen LogP contribution is -2.26. The van der Waals surface area contributed by atoms with Gasteiger partial charge in [0, 0.05) is 4.88 Å². The highest BCUT2D eigenvalue weighted by Crippen LogP contribution is 2.40. The van der Waals surface area contributed by atoms with Crippen LogP contribution in [0.1, 0.15) is 36.5 Å². The summed E-state index contributed by atoms with van der Waals surface area (Å²) in [6, 6.07) is -0.666. The lowest BCUT2D eigenvalue weighted by atomic mass is 9.89. The molecule has 21 heavy (non-hydrogen) atoms. The highest BCUT2D eigenvalue weighted by Gasteiger charge is 2.24. The van der Waals surface area contributed by atoms with Crippen molar-refractivity contribution in [1.29, 1.82) is 0 Å². The fourth-order valence-corrected chi connectivity index (χ4v) is 4.25. The van der Waals surface area contributed by atoms with Crippen LogP contribution in [0.2, 0.25) is 0 Å². The maximum Gasteiger partial charge on any atom is 0.325 e. The number of hydrogen-bond donors (Lipinski definition) is 2. The molecule has 0 aromatic carbocycles. The van der Waals surface area contributed by atoms with Crippen LogP contribution in [0.4, 0.5) is 5.82 Å². The molecule has 6 heteroatoms. The van der Waals surface area contributed by atoms with Gasteiger partial charge in [-0.25, -0.2) is 9.97 Å². The molecule has 0 saturated heterocycles. The van der Waals surface area contributed by atoms with Crippen molar-refractivity contribution in [2.45, 2.75) is 46.1 Å². The number of carbonyl (C=O) groups is 1. The van der Waals surface area contributed by atoms with Crippen molar-refractivity contribution in [3.05, 3.63) is 16.3 Å². The molecule has 3 rings (SSSR count).